The standard InChI is InChI=1S/C27H34ClNO6S/c1-11(2)19-18(29-24(28)36-19)23(33)35-22-12(3)9-26-13(4)7-16-17(25(16,5)6)15(21(26)32)8-14(10-30)20(31)27(22,26)34/h8-9,11,13,15-17,20,22,30-31,34H,7,10H2,1-6H3/t13-,15+,16-,17+,20-,22+,26+,27+/m1/s1. The molecule has 2 bridgehead atoms. The number of allylic oxidation sites excluding steroid dienone is 1. The van der Waals surface area contributed by atoms with E-state index in [1.165, 1.54) is 11.3 Å². The molecule has 1 spiro atoms. The first-order valence-electron chi connectivity index (χ1n) is 12.6. The Balaban J connectivity index is 1.63. The van der Waals surface area contributed by atoms with Gasteiger partial charge in [-0.05, 0) is 53.6 Å². The lowest BCUT2D eigenvalue weighted by Gasteiger charge is -2.48. The number of rotatable bonds is 4. The highest BCUT2D eigenvalue weighted by Gasteiger charge is 2.76. The topological polar surface area (TPSA) is 117 Å². The molecule has 0 amide bonds. The van der Waals surface area contributed by atoms with Gasteiger partial charge in [-0.3, -0.25) is 4.79 Å². The van der Waals surface area contributed by atoms with E-state index in [0.29, 0.717) is 16.9 Å². The van der Waals surface area contributed by atoms with E-state index in [1.807, 2.05) is 20.8 Å². The largest absolute Gasteiger partial charge is 0.450 e. The minimum Gasteiger partial charge on any atom is -0.450 e. The van der Waals surface area contributed by atoms with Gasteiger partial charge in [-0.25, -0.2) is 9.78 Å². The van der Waals surface area contributed by atoms with Crippen molar-refractivity contribution in [1.82, 2.24) is 4.98 Å². The number of ketones is 1. The number of esters is 1. The molecule has 0 unspecified atom stereocenters. The summed E-state index contributed by atoms with van der Waals surface area (Å²) in [6, 6.07) is 0. The van der Waals surface area contributed by atoms with E-state index in [-0.39, 0.29) is 50.6 Å². The summed E-state index contributed by atoms with van der Waals surface area (Å²) in [5.41, 5.74) is -2.96. The summed E-state index contributed by atoms with van der Waals surface area (Å²) in [5.74, 6) is -1.53. The summed E-state index contributed by atoms with van der Waals surface area (Å²) < 4.78 is 6.12. The number of Topliss-reactive ketones (excluding diaryl/α,β-unsaturated/α-hetero) is 1. The van der Waals surface area contributed by atoms with Crippen molar-refractivity contribution >= 4 is 34.7 Å². The van der Waals surface area contributed by atoms with Crippen LogP contribution >= 0.6 is 22.9 Å². The first-order chi connectivity index (χ1) is 16.7. The molecule has 5 rings (SSSR count). The smallest absolute Gasteiger partial charge is 0.358 e. The second-order valence-corrected chi connectivity index (χ2v) is 13.6. The monoisotopic (exact) mass is 535 g/mol. The van der Waals surface area contributed by atoms with E-state index in [9.17, 15) is 24.9 Å². The van der Waals surface area contributed by atoms with Crippen LogP contribution in [0.4, 0.5) is 0 Å². The van der Waals surface area contributed by atoms with Crippen LogP contribution in [0.25, 0.3) is 0 Å². The van der Waals surface area contributed by atoms with Crippen molar-refractivity contribution in [3.05, 3.63) is 38.3 Å². The number of carbonyl (C=O) groups excluding carboxylic acids is 2. The molecule has 9 heteroatoms. The predicted octanol–water partition coefficient (Wildman–Crippen LogP) is 3.91. The first-order valence-corrected chi connectivity index (χ1v) is 13.8. The van der Waals surface area contributed by atoms with Crippen molar-refractivity contribution in [2.24, 2.45) is 34.5 Å². The number of hydrogen-bond donors (Lipinski definition) is 3. The summed E-state index contributed by atoms with van der Waals surface area (Å²) in [5, 5.41) is 34.3. The molecule has 0 aliphatic heterocycles. The number of thiazole rings is 1. The first kappa shape index (κ1) is 26.0. The molecule has 7 nitrogen and oxygen atoms in total. The van der Waals surface area contributed by atoms with Crippen LogP contribution < -0.4 is 0 Å². The van der Waals surface area contributed by atoms with Gasteiger partial charge in [0.05, 0.1) is 12.0 Å². The quantitative estimate of drug-likeness (QED) is 0.395. The lowest BCUT2D eigenvalue weighted by Crippen LogP contribution is -2.65. The molecule has 2 fully saturated rings. The lowest BCUT2D eigenvalue weighted by atomic mass is 9.59. The SMILES string of the molecule is CC1=C[C@]23C(=O)[C@@H](C=C(CO)[C@@H](O)[C@]2(O)[C@H]1OC(=O)c1nc(Cl)sc1C(C)C)[C@H]1[C@@H](C[C@H]3C)C1(C)C. The molecule has 1 aromatic rings. The van der Waals surface area contributed by atoms with Crippen LogP contribution in [0.3, 0.4) is 0 Å². The van der Waals surface area contributed by atoms with Gasteiger partial charge >= 0.3 is 5.97 Å². The van der Waals surface area contributed by atoms with Crippen molar-refractivity contribution in [3.8, 4) is 0 Å². The Bertz CT molecular complexity index is 1200. The molecular weight excluding hydrogens is 502 g/mol. The Morgan fingerprint density at radius 1 is 1.36 bits per heavy atom. The number of halogens is 1. The number of hydrogen-bond acceptors (Lipinski definition) is 8. The van der Waals surface area contributed by atoms with Gasteiger partial charge in [0.15, 0.2) is 27.6 Å². The average Bonchev–Trinajstić information content (AvgIpc) is 3.08. The van der Waals surface area contributed by atoms with Gasteiger partial charge < -0.3 is 20.1 Å². The number of fused-ring (bicyclic) bond motifs is 3. The Hall–Kier alpha value is -1.58. The zero-order valence-corrected chi connectivity index (χ0v) is 23.0. The minimum atomic E-state index is -2.18. The highest BCUT2D eigenvalue weighted by atomic mass is 35.5. The molecule has 0 radical (unpaired) electrons. The third-order valence-corrected chi connectivity index (χ3v) is 10.9. The molecule has 2 saturated carbocycles. The normalized spacial score (nSPS) is 40.6. The predicted molar refractivity (Wildman–Crippen MR) is 136 cm³/mol. The highest BCUT2D eigenvalue weighted by molar-refractivity contribution is 7.16. The number of aromatic nitrogens is 1. The van der Waals surface area contributed by atoms with Crippen LogP contribution in [-0.2, 0) is 9.53 Å². The molecule has 36 heavy (non-hydrogen) atoms. The van der Waals surface area contributed by atoms with Crippen molar-refractivity contribution in [2.45, 2.75) is 71.7 Å². The van der Waals surface area contributed by atoms with Crippen LogP contribution in [0.2, 0.25) is 4.47 Å². The van der Waals surface area contributed by atoms with Crippen LogP contribution in [-0.4, -0.2) is 56.5 Å². The van der Waals surface area contributed by atoms with Crippen molar-refractivity contribution < 1.29 is 29.6 Å². The molecular formula is C27H34ClNO6S. The number of nitrogens with zero attached hydrogens (tertiary/aromatic N) is 1. The summed E-state index contributed by atoms with van der Waals surface area (Å²) in [7, 11) is 0. The van der Waals surface area contributed by atoms with Crippen LogP contribution in [0, 0.1) is 34.5 Å². The van der Waals surface area contributed by atoms with Crippen LogP contribution in [0.5, 0.6) is 0 Å². The molecule has 1 aromatic heterocycles. The maximum Gasteiger partial charge on any atom is 0.358 e. The number of ether oxygens (including phenoxy) is 1. The van der Waals surface area contributed by atoms with Gasteiger partial charge in [-0.2, -0.15) is 0 Å². The van der Waals surface area contributed by atoms with E-state index < -0.39 is 41.7 Å². The summed E-state index contributed by atoms with van der Waals surface area (Å²) in [6.07, 6.45) is 1.17. The fourth-order valence-corrected chi connectivity index (χ4v) is 8.71. The molecule has 0 saturated heterocycles. The fourth-order valence-electron chi connectivity index (χ4n) is 7.60. The minimum absolute atomic E-state index is 0.0288. The molecule has 196 valence electrons. The zero-order valence-electron chi connectivity index (χ0n) is 21.4. The van der Waals surface area contributed by atoms with Gasteiger partial charge in [0.2, 0.25) is 0 Å². The molecule has 0 aromatic carbocycles. The number of aliphatic hydroxyl groups is 3. The Morgan fingerprint density at radius 3 is 2.64 bits per heavy atom. The van der Waals surface area contributed by atoms with Crippen molar-refractivity contribution in [3.63, 3.8) is 0 Å². The van der Waals surface area contributed by atoms with E-state index in [1.54, 1.807) is 19.1 Å². The maximum absolute atomic E-state index is 14.4. The second-order valence-electron chi connectivity index (χ2n) is 12.0. The van der Waals surface area contributed by atoms with E-state index in [0.717, 1.165) is 0 Å². The lowest BCUT2D eigenvalue weighted by molar-refractivity contribution is -0.190. The average molecular weight is 536 g/mol. The number of aliphatic hydroxyl groups excluding tert-OH is 2. The number of carbonyl (C=O) groups is 2. The van der Waals surface area contributed by atoms with Gasteiger partial charge in [-0.1, -0.05) is 58.4 Å². The molecule has 4 aliphatic carbocycles. The Morgan fingerprint density at radius 2 is 2.03 bits per heavy atom. The van der Waals surface area contributed by atoms with Crippen LogP contribution in [0.15, 0.2) is 23.3 Å². The summed E-state index contributed by atoms with van der Waals surface area (Å²) in [4.78, 5) is 32.6. The van der Waals surface area contributed by atoms with Gasteiger partial charge in [-0.15, -0.1) is 11.3 Å². The van der Waals surface area contributed by atoms with Crippen molar-refractivity contribution in [2.75, 3.05) is 6.61 Å². The zero-order chi connectivity index (χ0) is 26.5. The fraction of sp³-hybridized carbons (Fsp3) is 0.667. The molecule has 3 N–H and O–H groups in total. The Labute approximate surface area is 220 Å². The second kappa shape index (κ2) is 8.21. The molecule has 4 aliphatic rings. The highest BCUT2D eigenvalue weighted by Crippen LogP contribution is 2.71. The third-order valence-electron chi connectivity index (χ3n) is 9.47. The molecule has 1 heterocycles. The molecule has 8 atom stereocenters. The van der Waals surface area contributed by atoms with Crippen molar-refractivity contribution in [1.29, 1.82) is 0 Å². The summed E-state index contributed by atoms with van der Waals surface area (Å²) in [6.45, 7) is 11.2. The van der Waals surface area contributed by atoms with Crippen LogP contribution in [0.1, 0.15) is 69.2 Å². The van der Waals surface area contributed by atoms with E-state index in [4.69, 9.17) is 16.3 Å². The third kappa shape index (κ3) is 3.17. The summed E-state index contributed by atoms with van der Waals surface area (Å²) >= 11 is 7.30. The van der Waals surface area contributed by atoms with E-state index in [2.05, 4.69) is 18.8 Å². The van der Waals surface area contributed by atoms with Gasteiger partial charge in [0.25, 0.3) is 0 Å². The van der Waals surface area contributed by atoms with Gasteiger partial charge in [0, 0.05) is 10.8 Å². The van der Waals surface area contributed by atoms with Gasteiger partial charge in [0.1, 0.15) is 6.10 Å². The maximum atomic E-state index is 14.4. The van der Waals surface area contributed by atoms with E-state index >= 15 is 0 Å². The Kier molecular flexibility index (Phi) is 5.94.